The number of para-hydroxylation sites is 1. The van der Waals surface area contributed by atoms with Crippen molar-refractivity contribution in [1.29, 1.82) is 0 Å². The van der Waals surface area contributed by atoms with Crippen LogP contribution in [0.4, 0.5) is 17.1 Å². The molecule has 0 fully saturated rings. The molecule has 4 aromatic carbocycles. The Labute approximate surface area is 232 Å². The van der Waals surface area contributed by atoms with E-state index in [2.05, 4.69) is 10.0 Å². The summed E-state index contributed by atoms with van der Waals surface area (Å²) < 4.78 is 59.3. The zero-order chi connectivity index (χ0) is 28.0. The number of nitrogens with zero attached hydrogens (tertiary/aromatic N) is 1. The van der Waals surface area contributed by atoms with Gasteiger partial charge in [-0.1, -0.05) is 29.8 Å². The van der Waals surface area contributed by atoms with Gasteiger partial charge in [0, 0.05) is 16.4 Å². The quantitative estimate of drug-likeness (QED) is 0.259. The molecule has 202 valence electrons. The average molecular weight is 586 g/mol. The van der Waals surface area contributed by atoms with Crippen LogP contribution in [0.2, 0.25) is 5.02 Å². The van der Waals surface area contributed by atoms with Gasteiger partial charge in [0.1, 0.15) is 18.0 Å². The molecule has 0 aliphatic rings. The number of nitrogens with one attached hydrogen (secondary N) is 2. The number of sulfonamides is 2. The standard InChI is InChI=1S/C27H24ClN3O6S2/c1-38(33,34)31(23-13-15-25(16-14-23)37-24-5-3-2-4-6-24)19-27(32)29-21-11-17-26(18-12-21)39(35,36)30-22-9-7-20(28)8-10-22/h2-18,30H,19H2,1H3,(H,29,32). The van der Waals surface area contributed by atoms with Crippen LogP contribution in [0.3, 0.4) is 0 Å². The summed E-state index contributed by atoms with van der Waals surface area (Å²) in [6.07, 6.45) is 1.00. The van der Waals surface area contributed by atoms with Gasteiger partial charge in [-0.05, 0) is 84.9 Å². The number of ether oxygens (including phenoxy) is 1. The summed E-state index contributed by atoms with van der Waals surface area (Å²) >= 11 is 5.83. The molecule has 0 aromatic heterocycles. The van der Waals surface area contributed by atoms with Gasteiger partial charge in [0.2, 0.25) is 15.9 Å². The molecule has 2 N–H and O–H groups in total. The van der Waals surface area contributed by atoms with Crippen LogP contribution in [0, 0.1) is 0 Å². The third kappa shape index (κ3) is 7.73. The van der Waals surface area contributed by atoms with E-state index in [9.17, 15) is 21.6 Å². The molecular formula is C27H24ClN3O6S2. The molecule has 0 heterocycles. The van der Waals surface area contributed by atoms with Gasteiger partial charge in [-0.3, -0.25) is 13.8 Å². The summed E-state index contributed by atoms with van der Waals surface area (Å²) in [5.41, 5.74) is 0.922. The van der Waals surface area contributed by atoms with Gasteiger partial charge in [-0.15, -0.1) is 0 Å². The van der Waals surface area contributed by atoms with Crippen molar-refractivity contribution in [3.05, 3.63) is 108 Å². The summed E-state index contributed by atoms with van der Waals surface area (Å²) in [7, 11) is -7.67. The molecule has 0 atom stereocenters. The molecule has 0 aliphatic heterocycles. The average Bonchev–Trinajstić information content (AvgIpc) is 2.89. The Morgan fingerprint density at radius 1 is 0.769 bits per heavy atom. The molecular weight excluding hydrogens is 562 g/mol. The topological polar surface area (TPSA) is 122 Å². The lowest BCUT2D eigenvalue weighted by atomic mass is 10.3. The zero-order valence-electron chi connectivity index (χ0n) is 20.6. The third-order valence-electron chi connectivity index (χ3n) is 5.34. The van der Waals surface area contributed by atoms with Crippen LogP contribution < -0.4 is 19.1 Å². The van der Waals surface area contributed by atoms with Crippen molar-refractivity contribution in [2.75, 3.05) is 27.1 Å². The number of hydrogen-bond donors (Lipinski definition) is 2. The fourth-order valence-electron chi connectivity index (χ4n) is 3.49. The van der Waals surface area contributed by atoms with Crippen LogP contribution in [-0.2, 0) is 24.8 Å². The Morgan fingerprint density at radius 2 is 1.33 bits per heavy atom. The van der Waals surface area contributed by atoms with Gasteiger partial charge in [0.05, 0.1) is 16.8 Å². The van der Waals surface area contributed by atoms with E-state index >= 15 is 0 Å². The van der Waals surface area contributed by atoms with Crippen molar-refractivity contribution in [3.63, 3.8) is 0 Å². The van der Waals surface area contributed by atoms with Crippen molar-refractivity contribution >= 4 is 54.6 Å². The van der Waals surface area contributed by atoms with Crippen molar-refractivity contribution < 1.29 is 26.4 Å². The van der Waals surface area contributed by atoms with Crippen LogP contribution in [0.15, 0.2) is 108 Å². The maximum Gasteiger partial charge on any atom is 0.261 e. The molecule has 0 unspecified atom stereocenters. The van der Waals surface area contributed by atoms with E-state index in [-0.39, 0.29) is 10.6 Å². The molecule has 0 saturated carbocycles. The molecule has 12 heteroatoms. The number of carbonyl (C=O) groups is 1. The van der Waals surface area contributed by atoms with E-state index in [4.69, 9.17) is 16.3 Å². The third-order valence-corrected chi connectivity index (χ3v) is 8.13. The number of anilines is 3. The van der Waals surface area contributed by atoms with Crippen molar-refractivity contribution in [2.24, 2.45) is 0 Å². The highest BCUT2D eigenvalue weighted by molar-refractivity contribution is 7.92. The highest BCUT2D eigenvalue weighted by Crippen LogP contribution is 2.26. The minimum absolute atomic E-state index is 0.0222. The van der Waals surface area contributed by atoms with Gasteiger partial charge in [-0.2, -0.15) is 0 Å². The molecule has 0 saturated heterocycles. The number of carbonyl (C=O) groups excluding carboxylic acids is 1. The summed E-state index contributed by atoms with van der Waals surface area (Å²) in [5, 5.41) is 3.07. The molecule has 9 nitrogen and oxygen atoms in total. The largest absolute Gasteiger partial charge is 0.457 e. The predicted octanol–water partition coefficient (Wildman–Crippen LogP) is 5.34. The van der Waals surface area contributed by atoms with Crippen LogP contribution in [0.25, 0.3) is 0 Å². The van der Waals surface area contributed by atoms with E-state index in [0.717, 1.165) is 10.6 Å². The fraction of sp³-hybridized carbons (Fsp3) is 0.0741. The highest BCUT2D eigenvalue weighted by atomic mass is 35.5. The minimum Gasteiger partial charge on any atom is -0.457 e. The van der Waals surface area contributed by atoms with Gasteiger partial charge in [0.25, 0.3) is 10.0 Å². The zero-order valence-corrected chi connectivity index (χ0v) is 23.0. The lowest BCUT2D eigenvalue weighted by Crippen LogP contribution is -2.37. The Bertz CT molecular complexity index is 1650. The lowest BCUT2D eigenvalue weighted by molar-refractivity contribution is -0.114. The summed E-state index contributed by atoms with van der Waals surface area (Å²) in [6, 6.07) is 27.1. The molecule has 4 rings (SSSR count). The van der Waals surface area contributed by atoms with E-state index in [1.807, 2.05) is 18.2 Å². The molecule has 0 radical (unpaired) electrons. The van der Waals surface area contributed by atoms with E-state index in [1.54, 1.807) is 48.5 Å². The van der Waals surface area contributed by atoms with Crippen molar-refractivity contribution in [2.45, 2.75) is 4.90 Å². The molecule has 1 amide bonds. The van der Waals surface area contributed by atoms with Gasteiger partial charge in [0.15, 0.2) is 0 Å². The Kier molecular flexibility index (Phi) is 8.44. The van der Waals surface area contributed by atoms with Gasteiger partial charge < -0.3 is 10.1 Å². The highest BCUT2D eigenvalue weighted by Gasteiger charge is 2.21. The van der Waals surface area contributed by atoms with Crippen molar-refractivity contribution in [3.8, 4) is 11.5 Å². The van der Waals surface area contributed by atoms with Crippen LogP contribution in [-0.4, -0.2) is 35.5 Å². The molecule has 39 heavy (non-hydrogen) atoms. The Balaban J connectivity index is 1.41. The Hall–Kier alpha value is -4.06. The summed E-state index contributed by atoms with van der Waals surface area (Å²) in [6.45, 7) is -0.490. The first-order chi connectivity index (χ1) is 18.5. The molecule has 0 aliphatic carbocycles. The smallest absolute Gasteiger partial charge is 0.261 e. The number of benzene rings is 4. The number of rotatable bonds is 10. The van der Waals surface area contributed by atoms with E-state index < -0.39 is 32.5 Å². The molecule has 0 bridgehead atoms. The summed E-state index contributed by atoms with van der Waals surface area (Å²) in [5.74, 6) is 0.521. The SMILES string of the molecule is CS(=O)(=O)N(CC(=O)Nc1ccc(S(=O)(=O)Nc2ccc(Cl)cc2)cc1)c1ccc(Oc2ccccc2)cc1. The van der Waals surface area contributed by atoms with Gasteiger partial charge in [-0.25, -0.2) is 16.8 Å². The second kappa shape index (κ2) is 11.8. The minimum atomic E-state index is -3.87. The maximum absolute atomic E-state index is 12.7. The summed E-state index contributed by atoms with van der Waals surface area (Å²) in [4.78, 5) is 12.7. The molecule has 4 aromatic rings. The first-order valence-corrected chi connectivity index (χ1v) is 15.2. The second-order valence-corrected chi connectivity index (χ2v) is 12.4. The second-order valence-electron chi connectivity index (χ2n) is 8.36. The van der Waals surface area contributed by atoms with Crippen molar-refractivity contribution in [1.82, 2.24) is 0 Å². The predicted molar refractivity (Wildman–Crippen MR) is 152 cm³/mol. The first kappa shape index (κ1) is 28.0. The Morgan fingerprint density at radius 3 is 1.92 bits per heavy atom. The lowest BCUT2D eigenvalue weighted by Gasteiger charge is -2.22. The normalized spacial score (nSPS) is 11.4. The maximum atomic E-state index is 12.7. The van der Waals surface area contributed by atoms with Crippen LogP contribution in [0.5, 0.6) is 11.5 Å². The van der Waals surface area contributed by atoms with Crippen LogP contribution >= 0.6 is 11.6 Å². The van der Waals surface area contributed by atoms with E-state index in [0.29, 0.717) is 27.9 Å². The monoisotopic (exact) mass is 585 g/mol. The van der Waals surface area contributed by atoms with E-state index in [1.165, 1.54) is 36.4 Å². The van der Waals surface area contributed by atoms with Gasteiger partial charge >= 0.3 is 0 Å². The fourth-order valence-corrected chi connectivity index (χ4v) is 5.53. The first-order valence-electron chi connectivity index (χ1n) is 11.5. The number of amides is 1. The number of halogens is 1. The molecule has 0 spiro atoms. The number of hydrogen-bond acceptors (Lipinski definition) is 6. The van der Waals surface area contributed by atoms with Crippen LogP contribution in [0.1, 0.15) is 0 Å².